The van der Waals surface area contributed by atoms with Crippen molar-refractivity contribution in [1.29, 1.82) is 0 Å². The van der Waals surface area contributed by atoms with E-state index in [1.807, 2.05) is 49.3 Å². The van der Waals surface area contributed by atoms with E-state index in [0.717, 1.165) is 44.5 Å². The second-order valence-corrected chi connectivity index (χ2v) is 7.71. The molecule has 31 heavy (non-hydrogen) atoms. The maximum Gasteiger partial charge on any atom is 0.238 e. The number of hydrogen-bond acceptors (Lipinski definition) is 5. The summed E-state index contributed by atoms with van der Waals surface area (Å²) in [4.78, 5) is 26.1. The van der Waals surface area contributed by atoms with Crippen LogP contribution in [0.5, 0.6) is 0 Å². The molecule has 4 aromatic heterocycles. The molecule has 5 rings (SSSR count). The van der Waals surface area contributed by atoms with Gasteiger partial charge in [-0.15, -0.1) is 0 Å². The van der Waals surface area contributed by atoms with Crippen LogP contribution in [0, 0.1) is 0 Å². The molecule has 0 saturated carbocycles. The van der Waals surface area contributed by atoms with Crippen molar-refractivity contribution in [2.75, 3.05) is 26.0 Å². The summed E-state index contributed by atoms with van der Waals surface area (Å²) in [7, 11) is 3.70. The minimum atomic E-state index is -0.0942. The van der Waals surface area contributed by atoms with E-state index in [-0.39, 0.29) is 5.91 Å². The summed E-state index contributed by atoms with van der Waals surface area (Å²) in [6.45, 7) is 0.303. The van der Waals surface area contributed by atoms with E-state index >= 15 is 0 Å². The molecule has 8 nitrogen and oxygen atoms in total. The SMILES string of the molecule is CN(C)CC(=O)Nc1cncc(-c2cc3c(-c4cc5ccccc5[nH]4)n[nH]c3cn2)c1. The zero-order valence-electron chi connectivity index (χ0n) is 17.2. The number of aromatic amines is 2. The summed E-state index contributed by atoms with van der Waals surface area (Å²) in [5, 5.41) is 12.5. The standard InChI is InChI=1S/C23H21N7O/c1-30(2)13-22(31)26-16-7-15(10-24-11-16)19-9-17-21(12-25-19)28-29-23(17)20-8-14-5-3-4-6-18(14)27-20/h3-12,27H,13H2,1-2H3,(H,26,31)(H,28,29). The average molecular weight is 411 g/mol. The molecular weight excluding hydrogens is 390 g/mol. The zero-order chi connectivity index (χ0) is 21.4. The Morgan fingerprint density at radius 3 is 2.77 bits per heavy atom. The van der Waals surface area contributed by atoms with Crippen LogP contribution in [0.3, 0.4) is 0 Å². The van der Waals surface area contributed by atoms with Gasteiger partial charge in [-0.25, -0.2) is 0 Å². The Morgan fingerprint density at radius 2 is 1.94 bits per heavy atom. The van der Waals surface area contributed by atoms with Gasteiger partial charge < -0.3 is 15.2 Å². The molecule has 0 unspecified atom stereocenters. The molecule has 8 heteroatoms. The number of carbonyl (C=O) groups is 1. The minimum Gasteiger partial charge on any atom is -0.353 e. The van der Waals surface area contributed by atoms with Crippen LogP contribution in [0.1, 0.15) is 0 Å². The first kappa shape index (κ1) is 19.0. The third-order valence-corrected chi connectivity index (χ3v) is 5.01. The molecule has 1 aromatic carbocycles. The molecular formula is C23H21N7O. The summed E-state index contributed by atoms with van der Waals surface area (Å²) in [6, 6.07) is 14.1. The Kier molecular flexibility index (Phi) is 4.68. The number of likely N-dealkylation sites (N-methyl/N-ethyl adjacent to an activating group) is 1. The van der Waals surface area contributed by atoms with E-state index in [4.69, 9.17) is 0 Å². The van der Waals surface area contributed by atoms with Crippen LogP contribution in [0.15, 0.2) is 61.1 Å². The number of H-pyrrole nitrogens is 2. The van der Waals surface area contributed by atoms with Crippen LogP contribution < -0.4 is 5.32 Å². The number of benzene rings is 1. The van der Waals surface area contributed by atoms with Crippen molar-refractivity contribution in [2.24, 2.45) is 0 Å². The number of nitrogens with one attached hydrogen (secondary N) is 3. The van der Waals surface area contributed by atoms with Crippen LogP contribution in [-0.2, 0) is 4.79 Å². The lowest BCUT2D eigenvalue weighted by molar-refractivity contribution is -0.116. The number of aromatic nitrogens is 5. The van der Waals surface area contributed by atoms with E-state index < -0.39 is 0 Å². The third kappa shape index (κ3) is 3.76. The average Bonchev–Trinajstić information content (AvgIpc) is 3.36. The highest BCUT2D eigenvalue weighted by Crippen LogP contribution is 2.31. The molecule has 0 fully saturated rings. The van der Waals surface area contributed by atoms with Gasteiger partial charge in [-0.2, -0.15) is 5.10 Å². The van der Waals surface area contributed by atoms with Gasteiger partial charge >= 0.3 is 0 Å². The Bertz CT molecular complexity index is 1370. The monoisotopic (exact) mass is 411 g/mol. The second kappa shape index (κ2) is 7.66. The van der Waals surface area contributed by atoms with E-state index in [1.54, 1.807) is 18.6 Å². The molecule has 0 radical (unpaired) electrons. The summed E-state index contributed by atoms with van der Waals surface area (Å²) < 4.78 is 0. The molecule has 4 heterocycles. The first-order valence-corrected chi connectivity index (χ1v) is 9.89. The van der Waals surface area contributed by atoms with E-state index in [1.165, 1.54) is 0 Å². The number of fused-ring (bicyclic) bond motifs is 2. The lowest BCUT2D eigenvalue weighted by Gasteiger charge is -2.10. The van der Waals surface area contributed by atoms with Crippen molar-refractivity contribution >= 4 is 33.4 Å². The lowest BCUT2D eigenvalue weighted by Crippen LogP contribution is -2.27. The van der Waals surface area contributed by atoms with Gasteiger partial charge in [0.05, 0.1) is 41.5 Å². The summed E-state index contributed by atoms with van der Waals surface area (Å²) in [5.74, 6) is -0.0942. The number of anilines is 1. The fourth-order valence-corrected chi connectivity index (χ4v) is 3.62. The fourth-order valence-electron chi connectivity index (χ4n) is 3.62. The maximum atomic E-state index is 12.1. The van der Waals surface area contributed by atoms with Gasteiger partial charge in [0.25, 0.3) is 0 Å². The van der Waals surface area contributed by atoms with Gasteiger partial charge in [0.2, 0.25) is 5.91 Å². The molecule has 0 atom stereocenters. The van der Waals surface area contributed by atoms with Gasteiger partial charge in [-0.3, -0.25) is 19.9 Å². The predicted molar refractivity (Wildman–Crippen MR) is 122 cm³/mol. The van der Waals surface area contributed by atoms with E-state index in [0.29, 0.717) is 12.2 Å². The van der Waals surface area contributed by atoms with Gasteiger partial charge in [-0.1, -0.05) is 18.2 Å². The molecule has 1 amide bonds. The van der Waals surface area contributed by atoms with Gasteiger partial charge in [-0.05, 0) is 38.4 Å². The Balaban J connectivity index is 1.51. The summed E-state index contributed by atoms with van der Waals surface area (Å²) in [6.07, 6.45) is 5.13. The minimum absolute atomic E-state index is 0.0942. The van der Waals surface area contributed by atoms with Gasteiger partial charge in [0.15, 0.2) is 0 Å². The molecule has 0 aliphatic carbocycles. The smallest absolute Gasteiger partial charge is 0.238 e. The van der Waals surface area contributed by atoms with E-state index in [9.17, 15) is 4.79 Å². The number of carbonyl (C=O) groups excluding carboxylic acids is 1. The number of amides is 1. The van der Waals surface area contributed by atoms with Crippen molar-refractivity contribution in [2.45, 2.75) is 0 Å². The lowest BCUT2D eigenvalue weighted by atomic mass is 10.1. The molecule has 0 bridgehead atoms. The zero-order valence-corrected chi connectivity index (χ0v) is 17.2. The highest BCUT2D eigenvalue weighted by molar-refractivity contribution is 5.97. The summed E-state index contributed by atoms with van der Waals surface area (Å²) >= 11 is 0. The van der Waals surface area contributed by atoms with Crippen LogP contribution in [-0.4, -0.2) is 56.6 Å². The number of nitrogens with zero attached hydrogens (tertiary/aromatic N) is 4. The van der Waals surface area contributed by atoms with Gasteiger partial charge in [0, 0.05) is 28.0 Å². The van der Waals surface area contributed by atoms with Crippen molar-refractivity contribution in [3.63, 3.8) is 0 Å². The predicted octanol–water partition coefficient (Wildman–Crippen LogP) is 3.67. The highest BCUT2D eigenvalue weighted by Gasteiger charge is 2.13. The first-order valence-electron chi connectivity index (χ1n) is 9.89. The topological polar surface area (TPSA) is 103 Å². The van der Waals surface area contributed by atoms with Crippen LogP contribution >= 0.6 is 0 Å². The van der Waals surface area contributed by atoms with Crippen molar-refractivity contribution in [1.82, 2.24) is 30.0 Å². The maximum absolute atomic E-state index is 12.1. The molecule has 5 aromatic rings. The Labute approximate surface area is 178 Å². The second-order valence-electron chi connectivity index (χ2n) is 7.71. The normalized spacial score (nSPS) is 11.5. The van der Waals surface area contributed by atoms with Crippen LogP contribution in [0.4, 0.5) is 5.69 Å². The summed E-state index contributed by atoms with van der Waals surface area (Å²) in [5.41, 5.74) is 5.88. The van der Waals surface area contributed by atoms with Crippen LogP contribution in [0.25, 0.3) is 44.5 Å². The Morgan fingerprint density at radius 1 is 1.06 bits per heavy atom. The first-order chi connectivity index (χ1) is 15.1. The van der Waals surface area contributed by atoms with Gasteiger partial charge in [0.1, 0.15) is 5.69 Å². The van der Waals surface area contributed by atoms with E-state index in [2.05, 4.69) is 42.6 Å². The largest absolute Gasteiger partial charge is 0.353 e. The molecule has 0 spiro atoms. The fraction of sp³-hybridized carbons (Fsp3) is 0.130. The van der Waals surface area contributed by atoms with Crippen molar-refractivity contribution in [3.8, 4) is 22.6 Å². The quantitative estimate of drug-likeness (QED) is 0.410. The molecule has 0 saturated heterocycles. The highest BCUT2D eigenvalue weighted by atomic mass is 16.2. The van der Waals surface area contributed by atoms with Crippen LogP contribution in [0.2, 0.25) is 0 Å². The van der Waals surface area contributed by atoms with Crippen molar-refractivity contribution in [3.05, 3.63) is 61.1 Å². The third-order valence-electron chi connectivity index (χ3n) is 5.01. The molecule has 154 valence electrons. The number of pyridine rings is 2. The Hall–Kier alpha value is -4.04. The molecule has 0 aliphatic heterocycles. The number of para-hydroxylation sites is 1. The molecule has 0 aliphatic rings. The number of rotatable bonds is 5. The molecule has 3 N–H and O–H groups in total. The van der Waals surface area contributed by atoms with Crippen molar-refractivity contribution < 1.29 is 4.79 Å². The number of hydrogen-bond donors (Lipinski definition) is 3.